The summed E-state index contributed by atoms with van der Waals surface area (Å²) < 4.78 is 11.4. The molecule has 19 heavy (non-hydrogen) atoms. The van der Waals surface area contributed by atoms with Crippen LogP contribution in [0.2, 0.25) is 0 Å². The van der Waals surface area contributed by atoms with Crippen molar-refractivity contribution in [2.24, 2.45) is 0 Å². The highest BCUT2D eigenvalue weighted by molar-refractivity contribution is 5.75. The van der Waals surface area contributed by atoms with Crippen molar-refractivity contribution >= 4 is 17.4 Å². The number of anilines is 1. The highest BCUT2D eigenvalue weighted by atomic mass is 16.6. The molecule has 1 aliphatic rings. The molecule has 0 saturated carbocycles. The Hall–Kier alpha value is -2.29. The minimum Gasteiger partial charge on any atom is -0.467 e. The fraction of sp³-hybridized carbons (Fsp3) is 0.500. The minimum atomic E-state index is -0.592. The van der Waals surface area contributed by atoms with E-state index >= 15 is 0 Å². The molecule has 0 N–H and O–H groups in total. The molecule has 9 nitrogen and oxygen atoms in total. The van der Waals surface area contributed by atoms with E-state index in [1.807, 2.05) is 11.0 Å². The summed E-state index contributed by atoms with van der Waals surface area (Å²) in [6.45, 7) is 1.48. The molecular formula is C10H12N6O3. The zero-order valence-corrected chi connectivity index (χ0v) is 10.3. The molecule has 0 aliphatic carbocycles. The first-order valence-corrected chi connectivity index (χ1v) is 5.78. The smallest absolute Gasteiger partial charge is 0.336 e. The summed E-state index contributed by atoms with van der Waals surface area (Å²) in [6, 6.07) is 3.58. The monoisotopic (exact) mass is 264 g/mol. The molecule has 2 aromatic heterocycles. The molecular weight excluding hydrogens is 252 g/mol. The zero-order valence-electron chi connectivity index (χ0n) is 10.3. The first kappa shape index (κ1) is 11.8. The van der Waals surface area contributed by atoms with Gasteiger partial charge in [-0.15, -0.1) is 14.8 Å². The lowest BCUT2D eigenvalue weighted by Gasteiger charge is -2.31. The summed E-state index contributed by atoms with van der Waals surface area (Å²) in [5.41, 5.74) is 0.571. The fourth-order valence-corrected chi connectivity index (χ4v) is 1.94. The van der Waals surface area contributed by atoms with Crippen molar-refractivity contribution in [3.63, 3.8) is 0 Å². The fourth-order valence-electron chi connectivity index (χ4n) is 1.94. The third kappa shape index (κ3) is 2.19. The Morgan fingerprint density at radius 3 is 3.26 bits per heavy atom. The number of rotatable bonds is 2. The lowest BCUT2D eigenvalue weighted by Crippen LogP contribution is -2.47. The minimum absolute atomic E-state index is 0.381. The maximum absolute atomic E-state index is 11.5. The number of hydrogen-bond acceptors (Lipinski definition) is 8. The highest BCUT2D eigenvalue weighted by Crippen LogP contribution is 2.15. The first-order chi connectivity index (χ1) is 9.28. The Labute approximate surface area is 108 Å². The molecule has 0 bridgehead atoms. The Morgan fingerprint density at radius 2 is 2.42 bits per heavy atom. The Bertz CT molecular complexity index is 600. The van der Waals surface area contributed by atoms with Crippen LogP contribution < -0.4 is 4.90 Å². The summed E-state index contributed by atoms with van der Waals surface area (Å²) in [5, 5.41) is 15.3. The standard InChI is InChI=1S/C10H12N6O3/c1-18-10(17)7-6-15(4-5-19-7)9-3-2-8-11-13-14-16(8)12-9/h2-3,7H,4-6H2,1H3. The molecule has 1 atom stereocenters. The number of morpholine rings is 1. The topological polar surface area (TPSA) is 94.7 Å². The number of fused-ring (bicyclic) bond motifs is 1. The molecule has 0 spiro atoms. The van der Waals surface area contributed by atoms with Crippen LogP contribution >= 0.6 is 0 Å². The number of methoxy groups -OCH3 is 1. The van der Waals surface area contributed by atoms with Crippen LogP contribution in [0.1, 0.15) is 0 Å². The van der Waals surface area contributed by atoms with Crippen LogP contribution in [0.15, 0.2) is 12.1 Å². The summed E-state index contributed by atoms with van der Waals surface area (Å²) in [7, 11) is 1.34. The molecule has 2 aromatic rings. The van der Waals surface area contributed by atoms with Gasteiger partial charge in [0.05, 0.1) is 20.3 Å². The van der Waals surface area contributed by atoms with Gasteiger partial charge in [-0.3, -0.25) is 0 Å². The van der Waals surface area contributed by atoms with Gasteiger partial charge in [-0.05, 0) is 22.6 Å². The second kappa shape index (κ2) is 4.76. The normalized spacial score (nSPS) is 19.6. The van der Waals surface area contributed by atoms with Crippen molar-refractivity contribution in [3.05, 3.63) is 12.1 Å². The molecule has 0 radical (unpaired) electrons. The largest absolute Gasteiger partial charge is 0.467 e. The quantitative estimate of drug-likeness (QED) is 0.631. The van der Waals surface area contributed by atoms with Gasteiger partial charge in [0.15, 0.2) is 17.6 Å². The van der Waals surface area contributed by atoms with E-state index < -0.39 is 6.10 Å². The number of tetrazole rings is 1. The Balaban J connectivity index is 1.82. The summed E-state index contributed by atoms with van der Waals surface area (Å²) in [5.74, 6) is 0.310. The van der Waals surface area contributed by atoms with Crippen LogP contribution in [0.4, 0.5) is 5.82 Å². The maximum Gasteiger partial charge on any atom is 0.336 e. The van der Waals surface area contributed by atoms with Crippen LogP contribution in [-0.2, 0) is 14.3 Å². The van der Waals surface area contributed by atoms with Crippen molar-refractivity contribution in [1.82, 2.24) is 25.3 Å². The van der Waals surface area contributed by atoms with Crippen LogP contribution in [0, 0.1) is 0 Å². The highest BCUT2D eigenvalue weighted by Gasteiger charge is 2.28. The van der Waals surface area contributed by atoms with E-state index in [0.29, 0.717) is 31.2 Å². The van der Waals surface area contributed by atoms with E-state index in [2.05, 4.69) is 25.4 Å². The molecule has 0 aromatic carbocycles. The van der Waals surface area contributed by atoms with Gasteiger partial charge in [0, 0.05) is 6.54 Å². The van der Waals surface area contributed by atoms with Gasteiger partial charge < -0.3 is 14.4 Å². The van der Waals surface area contributed by atoms with E-state index in [1.165, 1.54) is 11.7 Å². The van der Waals surface area contributed by atoms with Gasteiger partial charge in [-0.2, -0.15) is 0 Å². The number of carbonyl (C=O) groups is 1. The zero-order chi connectivity index (χ0) is 13.2. The third-order valence-electron chi connectivity index (χ3n) is 2.91. The van der Waals surface area contributed by atoms with E-state index in [-0.39, 0.29) is 5.97 Å². The van der Waals surface area contributed by atoms with Crippen molar-refractivity contribution in [1.29, 1.82) is 0 Å². The predicted octanol–water partition coefficient (Wildman–Crippen LogP) is -1.10. The summed E-state index contributed by atoms with van der Waals surface area (Å²) >= 11 is 0. The van der Waals surface area contributed by atoms with Crippen LogP contribution in [-0.4, -0.2) is 64.1 Å². The summed E-state index contributed by atoms with van der Waals surface area (Å²) in [4.78, 5) is 13.4. The molecule has 1 saturated heterocycles. The maximum atomic E-state index is 11.5. The second-order valence-electron chi connectivity index (χ2n) is 4.05. The van der Waals surface area contributed by atoms with Crippen LogP contribution in [0.3, 0.4) is 0 Å². The molecule has 1 unspecified atom stereocenters. The second-order valence-corrected chi connectivity index (χ2v) is 4.05. The van der Waals surface area contributed by atoms with Crippen LogP contribution in [0.5, 0.6) is 0 Å². The number of carbonyl (C=O) groups excluding carboxylic acids is 1. The molecule has 3 heterocycles. The molecule has 0 amide bonds. The molecule has 3 rings (SSSR count). The predicted molar refractivity (Wildman–Crippen MR) is 62.5 cm³/mol. The van der Waals surface area contributed by atoms with Gasteiger partial charge in [-0.25, -0.2) is 4.79 Å². The van der Waals surface area contributed by atoms with Gasteiger partial charge >= 0.3 is 5.97 Å². The first-order valence-electron chi connectivity index (χ1n) is 5.78. The van der Waals surface area contributed by atoms with Crippen LogP contribution in [0.25, 0.3) is 5.65 Å². The number of esters is 1. The van der Waals surface area contributed by atoms with Gasteiger partial charge in [0.25, 0.3) is 0 Å². The van der Waals surface area contributed by atoms with Crippen molar-refractivity contribution in [2.75, 3.05) is 31.7 Å². The van der Waals surface area contributed by atoms with Gasteiger partial charge in [0.1, 0.15) is 0 Å². The van der Waals surface area contributed by atoms with Crippen molar-refractivity contribution in [3.8, 4) is 0 Å². The average molecular weight is 264 g/mol. The van der Waals surface area contributed by atoms with Crippen molar-refractivity contribution in [2.45, 2.75) is 6.10 Å². The molecule has 9 heteroatoms. The number of ether oxygens (including phenoxy) is 2. The molecule has 1 aliphatic heterocycles. The average Bonchev–Trinajstić information content (AvgIpc) is 2.94. The SMILES string of the molecule is COC(=O)C1CN(c2ccc3nnnn3n2)CCO1. The number of nitrogens with zero attached hydrogens (tertiary/aromatic N) is 6. The lowest BCUT2D eigenvalue weighted by atomic mass is 10.2. The molecule has 1 fully saturated rings. The van der Waals surface area contributed by atoms with Gasteiger partial charge in [0.2, 0.25) is 0 Å². The van der Waals surface area contributed by atoms with Crippen molar-refractivity contribution < 1.29 is 14.3 Å². The Kier molecular flexibility index (Phi) is 2.95. The molecule has 100 valence electrons. The lowest BCUT2D eigenvalue weighted by molar-refractivity contribution is -0.154. The van der Waals surface area contributed by atoms with E-state index in [0.717, 1.165) is 0 Å². The van der Waals surface area contributed by atoms with Gasteiger partial charge in [-0.1, -0.05) is 0 Å². The van der Waals surface area contributed by atoms with E-state index in [4.69, 9.17) is 4.74 Å². The number of hydrogen-bond donors (Lipinski definition) is 0. The number of aromatic nitrogens is 5. The summed E-state index contributed by atoms with van der Waals surface area (Å²) in [6.07, 6.45) is -0.592. The van der Waals surface area contributed by atoms with E-state index in [1.54, 1.807) is 6.07 Å². The Morgan fingerprint density at radius 1 is 1.53 bits per heavy atom. The van der Waals surface area contributed by atoms with E-state index in [9.17, 15) is 4.79 Å². The third-order valence-corrected chi connectivity index (χ3v) is 2.91.